The molecule has 0 aliphatic rings. The van der Waals surface area contributed by atoms with Crippen LogP contribution in [0.25, 0.3) is 5.69 Å². The Morgan fingerprint density at radius 2 is 1.38 bits per heavy atom. The summed E-state index contributed by atoms with van der Waals surface area (Å²) in [5, 5.41) is 16.0. The van der Waals surface area contributed by atoms with Crippen LogP contribution in [0.2, 0.25) is 0 Å². The zero-order valence-electron chi connectivity index (χ0n) is 14.8. The Hall–Kier alpha value is -3.76. The molecule has 3 rings (SSSR count). The predicted molar refractivity (Wildman–Crippen MR) is 95.3 cm³/mol. The van der Waals surface area contributed by atoms with Crippen LogP contribution in [0.15, 0.2) is 54.9 Å². The number of nitrogens with one attached hydrogen (secondary N) is 2. The van der Waals surface area contributed by atoms with Crippen LogP contribution in [0, 0.1) is 0 Å². The molecule has 0 aliphatic heterocycles. The van der Waals surface area contributed by atoms with Crippen LogP contribution in [0.1, 0.15) is 26.3 Å². The molecule has 0 saturated heterocycles. The molecule has 0 unspecified atom stereocenters. The van der Waals surface area contributed by atoms with E-state index in [2.05, 4.69) is 26.2 Å². The van der Waals surface area contributed by atoms with Crippen LogP contribution in [0.5, 0.6) is 0 Å². The molecule has 1 heterocycles. The minimum atomic E-state index is -4.45. The highest BCUT2D eigenvalue weighted by Crippen LogP contribution is 2.29. The number of carbonyl (C=O) groups excluding carboxylic acids is 2. The second-order valence-electron chi connectivity index (χ2n) is 5.89. The zero-order valence-corrected chi connectivity index (χ0v) is 14.8. The molecule has 0 bridgehead atoms. The van der Waals surface area contributed by atoms with Gasteiger partial charge in [0.15, 0.2) is 0 Å². The Morgan fingerprint density at radius 1 is 0.862 bits per heavy atom. The van der Waals surface area contributed by atoms with Gasteiger partial charge in [-0.05, 0) is 59.0 Å². The van der Waals surface area contributed by atoms with Gasteiger partial charge in [-0.15, -0.1) is 5.10 Å². The minimum Gasteiger partial charge on any atom is -0.350 e. The molecule has 3 aromatic rings. The lowest BCUT2D eigenvalue weighted by Crippen LogP contribution is -2.34. The summed E-state index contributed by atoms with van der Waals surface area (Å²) >= 11 is 0. The Bertz CT molecular complexity index is 970. The number of alkyl halides is 3. The highest BCUT2D eigenvalue weighted by molar-refractivity contribution is 5.95. The van der Waals surface area contributed by atoms with Crippen molar-refractivity contribution < 1.29 is 22.8 Å². The van der Waals surface area contributed by atoms with Crippen LogP contribution >= 0.6 is 0 Å². The number of hydrogen-bond acceptors (Lipinski definition) is 5. The first kappa shape index (κ1) is 20.0. The molecule has 0 aliphatic carbocycles. The van der Waals surface area contributed by atoms with E-state index in [0.717, 1.165) is 24.3 Å². The summed E-state index contributed by atoms with van der Waals surface area (Å²) in [6, 6.07) is 10.5. The largest absolute Gasteiger partial charge is 0.416 e. The molecule has 0 fully saturated rings. The Morgan fingerprint density at radius 3 is 1.83 bits per heavy atom. The van der Waals surface area contributed by atoms with Gasteiger partial charge in [0.2, 0.25) is 0 Å². The molecule has 2 N–H and O–H groups in total. The van der Waals surface area contributed by atoms with Crippen LogP contribution < -0.4 is 10.6 Å². The van der Waals surface area contributed by atoms with Crippen LogP contribution in [0.4, 0.5) is 13.2 Å². The average molecular weight is 404 g/mol. The van der Waals surface area contributed by atoms with Crippen molar-refractivity contribution in [3.63, 3.8) is 0 Å². The average Bonchev–Trinajstić information content (AvgIpc) is 3.25. The molecule has 0 radical (unpaired) electrons. The number of benzene rings is 2. The van der Waals surface area contributed by atoms with Crippen molar-refractivity contribution in [3.8, 4) is 5.69 Å². The maximum atomic E-state index is 12.5. The van der Waals surface area contributed by atoms with Gasteiger partial charge in [0.25, 0.3) is 11.8 Å². The summed E-state index contributed by atoms with van der Waals surface area (Å²) in [5.41, 5.74) is 0.376. The van der Waals surface area contributed by atoms with Gasteiger partial charge in [-0.25, -0.2) is 4.68 Å². The fourth-order valence-corrected chi connectivity index (χ4v) is 2.41. The van der Waals surface area contributed by atoms with E-state index in [1.165, 1.54) is 11.0 Å². The van der Waals surface area contributed by atoms with E-state index in [1.54, 1.807) is 24.3 Å². The molecule has 29 heavy (non-hydrogen) atoms. The monoisotopic (exact) mass is 404 g/mol. The van der Waals surface area contributed by atoms with Gasteiger partial charge in [0, 0.05) is 24.2 Å². The highest BCUT2D eigenvalue weighted by atomic mass is 19.4. The molecular weight excluding hydrogens is 389 g/mol. The van der Waals surface area contributed by atoms with Crippen LogP contribution in [0.3, 0.4) is 0 Å². The molecule has 0 atom stereocenters. The van der Waals surface area contributed by atoms with E-state index in [-0.39, 0.29) is 24.6 Å². The minimum absolute atomic E-state index is 0.0996. The Labute approximate surface area is 162 Å². The van der Waals surface area contributed by atoms with Crippen molar-refractivity contribution in [2.75, 3.05) is 13.1 Å². The lowest BCUT2D eigenvalue weighted by molar-refractivity contribution is -0.137. The number of tetrazole rings is 1. The predicted octanol–water partition coefficient (Wildman–Crippen LogP) is 1.84. The molecule has 0 spiro atoms. The highest BCUT2D eigenvalue weighted by Gasteiger charge is 2.30. The van der Waals surface area contributed by atoms with Gasteiger partial charge in [-0.3, -0.25) is 9.59 Å². The summed E-state index contributed by atoms with van der Waals surface area (Å²) in [6.45, 7) is 0.272. The molecule has 0 saturated carbocycles. The van der Waals surface area contributed by atoms with Crippen molar-refractivity contribution in [2.45, 2.75) is 6.18 Å². The smallest absolute Gasteiger partial charge is 0.350 e. The van der Waals surface area contributed by atoms with E-state index in [0.29, 0.717) is 11.3 Å². The zero-order chi connectivity index (χ0) is 20.9. The molecule has 2 amide bonds. The molecule has 150 valence electrons. The van der Waals surface area contributed by atoms with Crippen molar-refractivity contribution in [3.05, 3.63) is 71.5 Å². The van der Waals surface area contributed by atoms with Gasteiger partial charge in [0.1, 0.15) is 6.33 Å². The van der Waals surface area contributed by atoms with Gasteiger partial charge in [-0.1, -0.05) is 0 Å². The van der Waals surface area contributed by atoms with Gasteiger partial charge >= 0.3 is 6.18 Å². The fraction of sp³-hybridized carbons (Fsp3) is 0.167. The van der Waals surface area contributed by atoms with Crippen molar-refractivity contribution in [2.24, 2.45) is 0 Å². The van der Waals surface area contributed by atoms with E-state index < -0.39 is 17.6 Å². The third-order valence-electron chi connectivity index (χ3n) is 3.91. The third kappa shape index (κ3) is 5.15. The third-order valence-corrected chi connectivity index (χ3v) is 3.91. The summed E-state index contributed by atoms with van der Waals surface area (Å²) in [6.07, 6.45) is -3.03. The van der Waals surface area contributed by atoms with Crippen LogP contribution in [-0.2, 0) is 6.18 Å². The topological polar surface area (TPSA) is 102 Å². The SMILES string of the molecule is O=C(NCCNC(=O)c1ccc(C(F)(F)F)cc1)c1ccc(-n2cnnn2)cc1. The number of halogens is 3. The van der Waals surface area contributed by atoms with Gasteiger partial charge < -0.3 is 10.6 Å². The second-order valence-corrected chi connectivity index (χ2v) is 5.89. The standard InChI is InChI=1S/C18H15F3N6O2/c19-18(20,21)14-5-1-12(2-6-14)16(28)22-9-10-23-17(29)13-3-7-15(8-4-13)27-11-24-25-26-27/h1-8,11H,9-10H2,(H,22,28)(H,23,29). The number of amides is 2. The summed E-state index contributed by atoms with van der Waals surface area (Å²) in [4.78, 5) is 24.1. The summed E-state index contributed by atoms with van der Waals surface area (Å²) in [5.74, 6) is -0.865. The number of nitrogens with zero attached hydrogens (tertiary/aromatic N) is 4. The molecule has 11 heteroatoms. The van der Waals surface area contributed by atoms with Gasteiger partial charge in [0.05, 0.1) is 11.3 Å². The maximum absolute atomic E-state index is 12.5. The molecule has 1 aromatic heterocycles. The lowest BCUT2D eigenvalue weighted by Gasteiger charge is -2.09. The van der Waals surface area contributed by atoms with Crippen molar-refractivity contribution in [1.29, 1.82) is 0 Å². The molecule has 8 nitrogen and oxygen atoms in total. The fourth-order valence-electron chi connectivity index (χ4n) is 2.41. The first-order chi connectivity index (χ1) is 13.8. The van der Waals surface area contributed by atoms with E-state index in [9.17, 15) is 22.8 Å². The number of carbonyl (C=O) groups is 2. The molecular formula is C18H15F3N6O2. The van der Waals surface area contributed by atoms with E-state index >= 15 is 0 Å². The van der Waals surface area contributed by atoms with E-state index in [1.807, 2.05) is 0 Å². The van der Waals surface area contributed by atoms with Crippen molar-refractivity contribution in [1.82, 2.24) is 30.8 Å². The quantitative estimate of drug-likeness (QED) is 0.611. The first-order valence-electron chi connectivity index (χ1n) is 8.42. The lowest BCUT2D eigenvalue weighted by atomic mass is 10.1. The maximum Gasteiger partial charge on any atom is 0.416 e. The Kier molecular flexibility index (Phi) is 5.86. The first-order valence-corrected chi connectivity index (χ1v) is 8.42. The van der Waals surface area contributed by atoms with Gasteiger partial charge in [-0.2, -0.15) is 13.2 Å². The molecule has 2 aromatic carbocycles. The Balaban J connectivity index is 1.45. The summed E-state index contributed by atoms with van der Waals surface area (Å²) < 4.78 is 39.0. The number of rotatable bonds is 6. The van der Waals surface area contributed by atoms with Crippen molar-refractivity contribution >= 4 is 11.8 Å². The number of hydrogen-bond donors (Lipinski definition) is 2. The second kappa shape index (κ2) is 8.50. The number of aromatic nitrogens is 4. The van der Waals surface area contributed by atoms with Crippen LogP contribution in [-0.4, -0.2) is 45.1 Å². The van der Waals surface area contributed by atoms with E-state index in [4.69, 9.17) is 0 Å². The summed E-state index contributed by atoms with van der Waals surface area (Å²) in [7, 11) is 0. The normalized spacial score (nSPS) is 11.1.